The number of benzene rings is 1. The van der Waals surface area contributed by atoms with Crippen molar-refractivity contribution in [3.8, 4) is 0 Å². The lowest BCUT2D eigenvalue weighted by atomic mass is 10.3. The van der Waals surface area contributed by atoms with Gasteiger partial charge in [0.15, 0.2) is 0 Å². The first-order chi connectivity index (χ1) is 8.08. The SMILES string of the molecule is CCOC1(Cl)OC(=O)N(c2ccccc2)C1=O. The van der Waals surface area contributed by atoms with Crippen molar-refractivity contribution in [1.82, 2.24) is 0 Å². The zero-order chi connectivity index (χ0) is 12.5. The van der Waals surface area contributed by atoms with E-state index in [0.717, 1.165) is 4.90 Å². The number of anilines is 1. The summed E-state index contributed by atoms with van der Waals surface area (Å²) in [6.07, 6.45) is -0.843. The monoisotopic (exact) mass is 255 g/mol. The van der Waals surface area contributed by atoms with E-state index in [1.165, 1.54) is 0 Å². The number of cyclic esters (lactones) is 1. The van der Waals surface area contributed by atoms with Crippen molar-refractivity contribution < 1.29 is 19.1 Å². The van der Waals surface area contributed by atoms with Crippen LogP contribution in [0.2, 0.25) is 0 Å². The van der Waals surface area contributed by atoms with E-state index in [4.69, 9.17) is 21.1 Å². The molecule has 6 heteroatoms. The second kappa shape index (κ2) is 4.35. The van der Waals surface area contributed by atoms with Crippen LogP contribution in [0.3, 0.4) is 0 Å². The summed E-state index contributed by atoms with van der Waals surface area (Å²) in [6.45, 7) is 1.81. The number of carbonyl (C=O) groups excluding carboxylic acids is 2. The number of para-hydroxylation sites is 1. The van der Waals surface area contributed by atoms with E-state index < -0.39 is 17.2 Å². The van der Waals surface area contributed by atoms with Gasteiger partial charge in [0.25, 0.3) is 0 Å². The molecule has 1 saturated heterocycles. The van der Waals surface area contributed by atoms with Crippen LogP contribution in [-0.4, -0.2) is 23.9 Å². The molecule has 2 rings (SSSR count). The molecule has 1 aliphatic heterocycles. The van der Waals surface area contributed by atoms with Gasteiger partial charge >= 0.3 is 17.2 Å². The zero-order valence-corrected chi connectivity index (χ0v) is 9.81. The van der Waals surface area contributed by atoms with Crippen molar-refractivity contribution in [2.45, 2.75) is 12.2 Å². The molecule has 5 nitrogen and oxygen atoms in total. The van der Waals surface area contributed by atoms with Crippen LogP contribution in [-0.2, 0) is 14.3 Å². The Bertz CT molecular complexity index is 450. The van der Waals surface area contributed by atoms with Crippen molar-refractivity contribution in [3.05, 3.63) is 30.3 Å². The van der Waals surface area contributed by atoms with E-state index in [1.54, 1.807) is 37.3 Å². The normalized spacial score (nSPS) is 24.0. The Kier molecular flexibility index (Phi) is 3.04. The molecule has 2 amide bonds. The zero-order valence-electron chi connectivity index (χ0n) is 9.05. The number of hydrogen-bond acceptors (Lipinski definition) is 4. The van der Waals surface area contributed by atoms with Crippen LogP contribution in [0.4, 0.5) is 10.5 Å². The van der Waals surface area contributed by atoms with Gasteiger partial charge in [-0.25, -0.2) is 9.69 Å². The Morgan fingerprint density at radius 3 is 2.59 bits per heavy atom. The molecular weight excluding hydrogens is 246 g/mol. The van der Waals surface area contributed by atoms with E-state index in [0.29, 0.717) is 5.69 Å². The number of alkyl halides is 1. The second-order valence-electron chi connectivity index (χ2n) is 3.31. The highest BCUT2D eigenvalue weighted by atomic mass is 35.5. The minimum absolute atomic E-state index is 0.158. The first-order valence-corrected chi connectivity index (χ1v) is 5.41. The molecule has 0 N–H and O–H groups in total. The Hall–Kier alpha value is -1.59. The van der Waals surface area contributed by atoms with Gasteiger partial charge in [0.05, 0.1) is 12.3 Å². The van der Waals surface area contributed by atoms with Gasteiger partial charge in [0, 0.05) is 0 Å². The number of halogens is 1. The van der Waals surface area contributed by atoms with Gasteiger partial charge in [-0.3, -0.25) is 4.79 Å². The molecule has 0 saturated carbocycles. The molecule has 0 spiro atoms. The maximum atomic E-state index is 12.0. The average molecular weight is 256 g/mol. The van der Waals surface area contributed by atoms with Crippen LogP contribution < -0.4 is 4.90 Å². The van der Waals surface area contributed by atoms with Gasteiger partial charge in [-0.2, -0.15) is 0 Å². The molecule has 0 aromatic heterocycles. The van der Waals surface area contributed by atoms with Gasteiger partial charge in [-0.1, -0.05) is 18.2 Å². The van der Waals surface area contributed by atoms with Crippen LogP contribution >= 0.6 is 11.6 Å². The molecule has 1 fully saturated rings. The van der Waals surface area contributed by atoms with Crippen LogP contribution in [0.5, 0.6) is 0 Å². The fourth-order valence-electron chi connectivity index (χ4n) is 1.49. The van der Waals surface area contributed by atoms with Crippen molar-refractivity contribution in [2.24, 2.45) is 0 Å². The Labute approximate surface area is 103 Å². The van der Waals surface area contributed by atoms with Crippen molar-refractivity contribution >= 4 is 29.3 Å². The van der Waals surface area contributed by atoms with E-state index in [2.05, 4.69) is 0 Å². The Morgan fingerprint density at radius 2 is 2.00 bits per heavy atom. The van der Waals surface area contributed by atoms with Gasteiger partial charge in [0.1, 0.15) is 0 Å². The highest BCUT2D eigenvalue weighted by Gasteiger charge is 2.55. The van der Waals surface area contributed by atoms with Gasteiger partial charge in [-0.05, 0) is 30.7 Å². The third-order valence-corrected chi connectivity index (χ3v) is 2.55. The maximum Gasteiger partial charge on any atom is 0.425 e. The number of carbonyl (C=O) groups is 2. The summed E-state index contributed by atoms with van der Waals surface area (Å²) in [6, 6.07) is 8.38. The van der Waals surface area contributed by atoms with Crippen molar-refractivity contribution in [2.75, 3.05) is 11.5 Å². The number of nitrogens with zero attached hydrogens (tertiary/aromatic N) is 1. The number of amides is 2. The standard InChI is InChI=1S/C11H10ClNO4/c1-2-16-11(12)9(14)13(10(15)17-11)8-6-4-3-5-7-8/h3-7H,2H2,1H3. The molecule has 1 heterocycles. The smallest absolute Gasteiger partial charge is 0.392 e. The molecule has 0 aliphatic carbocycles. The van der Waals surface area contributed by atoms with Crippen LogP contribution in [0, 0.1) is 0 Å². The average Bonchev–Trinajstić information content (AvgIpc) is 2.51. The number of rotatable bonds is 3. The minimum Gasteiger partial charge on any atom is -0.392 e. The summed E-state index contributed by atoms with van der Waals surface area (Å²) >= 11 is 5.80. The third-order valence-electron chi connectivity index (χ3n) is 2.20. The Balaban J connectivity index is 2.32. The van der Waals surface area contributed by atoms with Gasteiger partial charge < -0.3 is 9.47 Å². The third kappa shape index (κ3) is 1.99. The molecule has 0 bridgehead atoms. The molecule has 90 valence electrons. The lowest BCUT2D eigenvalue weighted by Crippen LogP contribution is -2.38. The summed E-state index contributed by atoms with van der Waals surface area (Å²) in [5.41, 5.74) is 0.393. The highest BCUT2D eigenvalue weighted by Crippen LogP contribution is 2.33. The molecule has 1 aliphatic rings. The maximum absolute atomic E-state index is 12.0. The molecular formula is C11H10ClNO4. The highest BCUT2D eigenvalue weighted by molar-refractivity contribution is 6.40. The van der Waals surface area contributed by atoms with Gasteiger partial charge in [-0.15, -0.1) is 0 Å². The summed E-state index contributed by atoms with van der Waals surface area (Å²) in [4.78, 5) is 24.4. The second-order valence-corrected chi connectivity index (χ2v) is 3.81. The van der Waals surface area contributed by atoms with Crippen LogP contribution in [0.1, 0.15) is 6.92 Å². The first-order valence-electron chi connectivity index (χ1n) is 5.04. The molecule has 1 unspecified atom stereocenters. The fraction of sp³-hybridized carbons (Fsp3) is 0.273. The van der Waals surface area contributed by atoms with Crippen LogP contribution in [0.25, 0.3) is 0 Å². The van der Waals surface area contributed by atoms with E-state index in [9.17, 15) is 9.59 Å². The van der Waals surface area contributed by atoms with Crippen molar-refractivity contribution in [1.29, 1.82) is 0 Å². The number of hydrogen-bond donors (Lipinski definition) is 0. The topological polar surface area (TPSA) is 55.8 Å². The minimum atomic E-state index is -2.04. The quantitative estimate of drug-likeness (QED) is 0.776. The molecule has 1 aromatic carbocycles. The summed E-state index contributed by atoms with van der Waals surface area (Å²) in [7, 11) is 0. The van der Waals surface area contributed by atoms with E-state index in [-0.39, 0.29) is 6.61 Å². The largest absolute Gasteiger partial charge is 0.425 e. The predicted octanol–water partition coefficient (Wildman–Crippen LogP) is 2.10. The van der Waals surface area contributed by atoms with Crippen molar-refractivity contribution in [3.63, 3.8) is 0 Å². The lowest BCUT2D eigenvalue weighted by Gasteiger charge is -2.16. The molecule has 1 atom stereocenters. The Morgan fingerprint density at radius 1 is 1.35 bits per heavy atom. The number of ether oxygens (including phenoxy) is 2. The molecule has 1 aromatic rings. The van der Waals surface area contributed by atoms with E-state index in [1.807, 2.05) is 0 Å². The molecule has 17 heavy (non-hydrogen) atoms. The fourth-order valence-corrected chi connectivity index (χ4v) is 1.75. The van der Waals surface area contributed by atoms with Crippen LogP contribution in [0.15, 0.2) is 30.3 Å². The van der Waals surface area contributed by atoms with Gasteiger partial charge in [0.2, 0.25) is 0 Å². The summed E-state index contributed by atoms with van der Waals surface area (Å²) < 4.78 is 9.71. The number of imide groups is 1. The summed E-state index contributed by atoms with van der Waals surface area (Å²) in [5.74, 6) is -0.739. The van der Waals surface area contributed by atoms with E-state index >= 15 is 0 Å². The predicted molar refractivity (Wildman–Crippen MR) is 60.6 cm³/mol. The first kappa shape index (κ1) is 11.9. The lowest BCUT2D eigenvalue weighted by molar-refractivity contribution is -0.157. The summed E-state index contributed by atoms with van der Waals surface area (Å²) in [5, 5.41) is -2.04. The molecule has 0 radical (unpaired) electrons.